The van der Waals surface area contributed by atoms with Crippen LogP contribution in [0.4, 0.5) is 14.5 Å². The fourth-order valence-corrected chi connectivity index (χ4v) is 5.60. The van der Waals surface area contributed by atoms with Crippen LogP contribution in [0.5, 0.6) is 23.0 Å². The Morgan fingerprint density at radius 1 is 0.935 bits per heavy atom. The van der Waals surface area contributed by atoms with Gasteiger partial charge in [-0.1, -0.05) is 0 Å². The molecule has 10 nitrogen and oxygen atoms in total. The first-order valence-corrected chi connectivity index (χ1v) is 15.5. The summed E-state index contributed by atoms with van der Waals surface area (Å²) >= 11 is 0. The lowest BCUT2D eigenvalue weighted by molar-refractivity contribution is -0.0220. The van der Waals surface area contributed by atoms with Crippen molar-refractivity contribution >= 4 is 22.4 Å². The molecular weight excluding hydrogens is 596 g/mol. The molecule has 4 aromatic rings. The normalized spacial score (nSPS) is 16.7. The van der Waals surface area contributed by atoms with Crippen LogP contribution in [0.25, 0.3) is 10.9 Å². The number of alkyl halides is 2. The second kappa shape index (κ2) is 14.3. The standard InChI is InChI=1S/C34H37F2N5O5/c1-43-32-21-27-28(22-33(32)45-16-2-11-40-14-17-44-18-15-40)37-10-6-31(27)46-26-4-3-24(39-23-26)19-30(42)29-20-25(5-9-38-29)41-12-7-34(35,36)8-13-41/h3-6,9-10,20-23H,2,7-8,11-19H2,1H3. The van der Waals surface area contributed by atoms with Crippen molar-refractivity contribution in [1.29, 1.82) is 0 Å². The maximum atomic E-state index is 13.6. The minimum absolute atomic E-state index is 0.0411. The first kappa shape index (κ1) is 31.6. The third-order valence-corrected chi connectivity index (χ3v) is 8.22. The van der Waals surface area contributed by atoms with Gasteiger partial charge in [-0.2, -0.15) is 0 Å². The number of pyridine rings is 3. The summed E-state index contributed by atoms with van der Waals surface area (Å²) < 4.78 is 50.4. The smallest absolute Gasteiger partial charge is 0.251 e. The van der Waals surface area contributed by atoms with Crippen molar-refractivity contribution in [3.05, 3.63) is 72.4 Å². The van der Waals surface area contributed by atoms with Crippen LogP contribution >= 0.6 is 0 Å². The molecule has 2 aliphatic rings. The molecule has 46 heavy (non-hydrogen) atoms. The highest BCUT2D eigenvalue weighted by Gasteiger charge is 2.34. The van der Waals surface area contributed by atoms with Gasteiger partial charge in [0.2, 0.25) is 0 Å². The highest BCUT2D eigenvalue weighted by molar-refractivity contribution is 5.96. The van der Waals surface area contributed by atoms with Gasteiger partial charge < -0.3 is 23.8 Å². The molecule has 0 saturated carbocycles. The number of aromatic nitrogens is 3. The van der Waals surface area contributed by atoms with E-state index in [1.54, 1.807) is 49.8 Å². The number of halogens is 2. The van der Waals surface area contributed by atoms with Crippen LogP contribution in [0, 0.1) is 0 Å². The van der Waals surface area contributed by atoms with Gasteiger partial charge in [-0.05, 0) is 42.8 Å². The number of hydrogen-bond acceptors (Lipinski definition) is 10. The van der Waals surface area contributed by atoms with Crippen LogP contribution < -0.4 is 19.1 Å². The van der Waals surface area contributed by atoms with Crippen molar-refractivity contribution in [2.45, 2.75) is 31.6 Å². The monoisotopic (exact) mass is 633 g/mol. The van der Waals surface area contributed by atoms with Crippen molar-refractivity contribution in [2.75, 3.05) is 64.6 Å². The molecule has 0 bridgehead atoms. The zero-order valence-corrected chi connectivity index (χ0v) is 25.8. The molecule has 0 N–H and O–H groups in total. The quantitative estimate of drug-likeness (QED) is 0.145. The van der Waals surface area contributed by atoms with Crippen LogP contribution in [-0.2, 0) is 11.2 Å². The Morgan fingerprint density at radius 2 is 1.74 bits per heavy atom. The highest BCUT2D eigenvalue weighted by atomic mass is 19.3. The fourth-order valence-electron chi connectivity index (χ4n) is 5.60. The van der Waals surface area contributed by atoms with Gasteiger partial charge in [0.15, 0.2) is 17.3 Å². The van der Waals surface area contributed by atoms with Crippen molar-refractivity contribution in [1.82, 2.24) is 19.9 Å². The third-order valence-electron chi connectivity index (χ3n) is 8.22. The van der Waals surface area contributed by atoms with Crippen molar-refractivity contribution < 1.29 is 32.5 Å². The number of anilines is 1. The van der Waals surface area contributed by atoms with E-state index < -0.39 is 5.92 Å². The number of methoxy groups -OCH3 is 1. The Morgan fingerprint density at radius 3 is 2.50 bits per heavy atom. The van der Waals surface area contributed by atoms with Gasteiger partial charge in [0, 0.05) is 80.8 Å². The van der Waals surface area contributed by atoms with Crippen molar-refractivity contribution in [3.8, 4) is 23.0 Å². The van der Waals surface area contributed by atoms with E-state index >= 15 is 0 Å². The van der Waals surface area contributed by atoms with Gasteiger partial charge in [0.25, 0.3) is 5.92 Å². The lowest BCUT2D eigenvalue weighted by Gasteiger charge is -2.33. The zero-order valence-electron chi connectivity index (χ0n) is 25.8. The molecule has 6 rings (SSSR count). The van der Waals surface area contributed by atoms with Crippen LogP contribution in [0.15, 0.2) is 61.1 Å². The number of rotatable bonds is 12. The van der Waals surface area contributed by atoms with E-state index in [4.69, 9.17) is 18.9 Å². The van der Waals surface area contributed by atoms with Gasteiger partial charge in [-0.25, -0.2) is 8.78 Å². The summed E-state index contributed by atoms with van der Waals surface area (Å²) in [7, 11) is 1.60. The summed E-state index contributed by atoms with van der Waals surface area (Å²) in [6.45, 7) is 5.41. The van der Waals surface area contributed by atoms with Gasteiger partial charge in [0.1, 0.15) is 17.2 Å². The summed E-state index contributed by atoms with van der Waals surface area (Å²) in [4.78, 5) is 30.4. The predicted molar refractivity (Wildman–Crippen MR) is 169 cm³/mol. The number of Topliss-reactive ketones (excluding diaryl/α,β-unsaturated/α-hetero) is 1. The Balaban J connectivity index is 1.07. The van der Waals surface area contributed by atoms with Crippen LogP contribution in [-0.4, -0.2) is 91.2 Å². The fraction of sp³-hybridized carbons (Fsp3) is 0.412. The van der Waals surface area contributed by atoms with Crippen LogP contribution in [0.2, 0.25) is 0 Å². The number of nitrogens with zero attached hydrogens (tertiary/aromatic N) is 5. The second-order valence-electron chi connectivity index (χ2n) is 11.4. The number of piperidine rings is 1. The number of ether oxygens (including phenoxy) is 4. The summed E-state index contributed by atoms with van der Waals surface area (Å²) in [5.41, 5.74) is 2.24. The third kappa shape index (κ3) is 7.86. The highest BCUT2D eigenvalue weighted by Crippen LogP contribution is 2.37. The Labute approximate surface area is 266 Å². The molecular formula is C34H37F2N5O5. The van der Waals surface area contributed by atoms with E-state index in [9.17, 15) is 13.6 Å². The number of fused-ring (bicyclic) bond motifs is 1. The van der Waals surface area contributed by atoms with E-state index in [0.29, 0.717) is 46.5 Å². The maximum absolute atomic E-state index is 13.6. The first-order valence-electron chi connectivity index (χ1n) is 15.5. The molecule has 0 radical (unpaired) electrons. The van der Waals surface area contributed by atoms with Crippen LogP contribution in [0.3, 0.4) is 0 Å². The Hall–Kier alpha value is -4.42. The molecule has 2 fully saturated rings. The van der Waals surface area contributed by atoms with Gasteiger partial charge in [0.05, 0.1) is 45.1 Å². The van der Waals surface area contributed by atoms with E-state index in [1.807, 2.05) is 17.0 Å². The zero-order chi connectivity index (χ0) is 31.9. The van der Waals surface area contributed by atoms with Gasteiger partial charge >= 0.3 is 0 Å². The summed E-state index contributed by atoms with van der Waals surface area (Å²) in [5.74, 6) is -0.577. The summed E-state index contributed by atoms with van der Waals surface area (Å²) in [6.07, 6.45) is 5.29. The minimum atomic E-state index is -2.64. The summed E-state index contributed by atoms with van der Waals surface area (Å²) in [5, 5.41) is 0.752. The van der Waals surface area contributed by atoms with E-state index in [0.717, 1.165) is 44.7 Å². The SMILES string of the molecule is COc1cc2c(Oc3ccc(CC(=O)c4cc(N5CCC(F)(F)CC5)ccn4)nc3)ccnc2cc1OCCCN1CCOCC1. The molecule has 0 unspecified atom stereocenters. The molecule has 242 valence electrons. The number of hydrogen-bond donors (Lipinski definition) is 0. The number of carbonyl (C=O) groups excluding carboxylic acids is 1. The molecule has 0 spiro atoms. The molecule has 2 saturated heterocycles. The van der Waals surface area contributed by atoms with E-state index in [1.165, 1.54) is 6.20 Å². The Bertz CT molecular complexity index is 1640. The molecule has 3 aromatic heterocycles. The maximum Gasteiger partial charge on any atom is 0.251 e. The first-order chi connectivity index (χ1) is 22.4. The number of morpholine rings is 1. The largest absolute Gasteiger partial charge is 0.493 e. The van der Waals surface area contributed by atoms with Crippen molar-refractivity contribution in [2.24, 2.45) is 0 Å². The van der Waals surface area contributed by atoms with E-state index in [2.05, 4.69) is 19.9 Å². The Kier molecular flexibility index (Phi) is 9.84. The topological polar surface area (TPSA) is 99.1 Å². The van der Waals surface area contributed by atoms with Gasteiger partial charge in [-0.3, -0.25) is 24.6 Å². The molecule has 0 aliphatic carbocycles. The number of carbonyl (C=O) groups is 1. The van der Waals surface area contributed by atoms with E-state index in [-0.39, 0.29) is 43.8 Å². The molecule has 2 aliphatic heterocycles. The number of benzene rings is 1. The second-order valence-corrected chi connectivity index (χ2v) is 11.4. The van der Waals surface area contributed by atoms with Crippen molar-refractivity contribution in [3.63, 3.8) is 0 Å². The van der Waals surface area contributed by atoms with Crippen LogP contribution in [0.1, 0.15) is 35.4 Å². The lowest BCUT2D eigenvalue weighted by Crippen LogP contribution is -2.39. The van der Waals surface area contributed by atoms with Gasteiger partial charge in [-0.15, -0.1) is 0 Å². The summed E-state index contributed by atoms with van der Waals surface area (Å²) in [6, 6.07) is 12.4. The molecule has 1 aromatic carbocycles. The predicted octanol–water partition coefficient (Wildman–Crippen LogP) is 5.59. The lowest BCUT2D eigenvalue weighted by atomic mass is 10.1. The molecule has 0 amide bonds. The molecule has 0 atom stereocenters. The molecule has 5 heterocycles. The molecule has 12 heteroatoms. The average molecular weight is 634 g/mol. The number of ketones is 1. The average Bonchev–Trinajstić information content (AvgIpc) is 3.08. The minimum Gasteiger partial charge on any atom is -0.493 e.